The molecule has 2 rings (SSSR count). The van der Waals surface area contributed by atoms with E-state index in [0.29, 0.717) is 13.0 Å². The Hall–Kier alpha value is -0.710. The first-order chi connectivity index (χ1) is 10.7. The molecule has 1 aromatic rings. The van der Waals surface area contributed by atoms with E-state index in [2.05, 4.69) is 29.3 Å². The maximum atomic E-state index is 12.0. The van der Waals surface area contributed by atoms with Crippen molar-refractivity contribution in [2.45, 2.75) is 32.2 Å². The van der Waals surface area contributed by atoms with Gasteiger partial charge in [0.05, 0.1) is 6.04 Å². The summed E-state index contributed by atoms with van der Waals surface area (Å²) in [5, 5.41) is 3.86. The van der Waals surface area contributed by atoms with Gasteiger partial charge in [-0.25, -0.2) is 0 Å². The predicted molar refractivity (Wildman–Crippen MR) is 95.6 cm³/mol. The summed E-state index contributed by atoms with van der Waals surface area (Å²) in [5.41, 5.74) is 1.23. The zero-order valence-corrected chi connectivity index (χ0v) is 14.8. The number of likely N-dealkylation sites (tertiary alicyclic amines) is 1. The van der Waals surface area contributed by atoms with Gasteiger partial charge in [-0.05, 0) is 49.4 Å². The Morgan fingerprint density at radius 1 is 1.32 bits per heavy atom. The summed E-state index contributed by atoms with van der Waals surface area (Å²) >= 11 is 7.80. The van der Waals surface area contributed by atoms with Crippen LogP contribution in [0.4, 0.5) is 0 Å². The van der Waals surface area contributed by atoms with Crippen molar-refractivity contribution in [3.8, 4) is 0 Å². The molecule has 122 valence electrons. The van der Waals surface area contributed by atoms with Crippen molar-refractivity contribution in [3.05, 3.63) is 34.9 Å². The molecule has 3 nitrogen and oxygen atoms in total. The molecule has 1 aliphatic heterocycles. The quantitative estimate of drug-likeness (QED) is 0.732. The molecule has 1 aromatic carbocycles. The van der Waals surface area contributed by atoms with Crippen LogP contribution in [0.3, 0.4) is 0 Å². The van der Waals surface area contributed by atoms with E-state index in [1.54, 1.807) is 0 Å². The molecule has 1 saturated heterocycles. The Morgan fingerprint density at radius 2 is 2.00 bits per heavy atom. The summed E-state index contributed by atoms with van der Waals surface area (Å²) in [6.45, 7) is 5.01. The lowest BCUT2D eigenvalue weighted by Crippen LogP contribution is -2.36. The van der Waals surface area contributed by atoms with Crippen LogP contribution in [0.5, 0.6) is 0 Å². The Kier molecular flexibility index (Phi) is 7.56. The highest BCUT2D eigenvalue weighted by Gasteiger charge is 2.23. The average molecular weight is 341 g/mol. The molecule has 1 amide bonds. The van der Waals surface area contributed by atoms with E-state index in [1.807, 2.05) is 23.9 Å². The number of nitrogens with one attached hydrogen (secondary N) is 1. The topological polar surface area (TPSA) is 32.3 Å². The fourth-order valence-corrected chi connectivity index (χ4v) is 3.55. The van der Waals surface area contributed by atoms with Crippen molar-refractivity contribution in [1.82, 2.24) is 10.2 Å². The lowest BCUT2D eigenvalue weighted by Gasteiger charge is -2.28. The molecule has 1 fully saturated rings. The van der Waals surface area contributed by atoms with Crippen LogP contribution in [-0.2, 0) is 4.79 Å². The second-order valence-electron chi connectivity index (χ2n) is 5.56. The standard InChI is InChI=1S/C17H25ClN2OS/c1-2-22-12-9-17(21)19-13-16(20-10-3-4-11-20)14-5-7-15(18)8-6-14/h5-8,16H,2-4,9-13H2,1H3,(H,19,21)/t16-/m1/s1. The lowest BCUT2D eigenvalue weighted by atomic mass is 10.1. The van der Waals surface area contributed by atoms with Gasteiger partial charge in [-0.1, -0.05) is 30.7 Å². The van der Waals surface area contributed by atoms with Gasteiger partial charge in [0.25, 0.3) is 0 Å². The molecular formula is C17H25ClN2OS. The zero-order valence-electron chi connectivity index (χ0n) is 13.2. The van der Waals surface area contributed by atoms with E-state index in [0.717, 1.165) is 29.6 Å². The van der Waals surface area contributed by atoms with E-state index in [9.17, 15) is 4.79 Å². The molecule has 1 heterocycles. The van der Waals surface area contributed by atoms with Crippen LogP contribution in [0.1, 0.15) is 37.8 Å². The monoisotopic (exact) mass is 340 g/mol. The van der Waals surface area contributed by atoms with Crippen LogP contribution in [0.2, 0.25) is 5.02 Å². The number of amides is 1. The normalized spacial score (nSPS) is 16.6. The largest absolute Gasteiger partial charge is 0.354 e. The summed E-state index contributed by atoms with van der Waals surface area (Å²) in [5.74, 6) is 2.12. The number of carbonyl (C=O) groups excluding carboxylic acids is 1. The minimum absolute atomic E-state index is 0.152. The summed E-state index contributed by atoms with van der Waals surface area (Å²) in [4.78, 5) is 14.4. The number of hydrogen-bond acceptors (Lipinski definition) is 3. The van der Waals surface area contributed by atoms with Gasteiger partial charge in [0.1, 0.15) is 0 Å². The number of halogens is 1. The maximum absolute atomic E-state index is 12.0. The maximum Gasteiger partial charge on any atom is 0.220 e. The second kappa shape index (κ2) is 9.43. The number of hydrogen-bond donors (Lipinski definition) is 1. The Bertz CT molecular complexity index is 460. The molecule has 0 unspecified atom stereocenters. The molecular weight excluding hydrogens is 316 g/mol. The van der Waals surface area contributed by atoms with Gasteiger partial charge in [0.2, 0.25) is 5.91 Å². The van der Waals surface area contributed by atoms with Gasteiger partial charge in [0, 0.05) is 23.7 Å². The van der Waals surface area contributed by atoms with E-state index in [-0.39, 0.29) is 11.9 Å². The molecule has 0 bridgehead atoms. The van der Waals surface area contributed by atoms with Crippen LogP contribution in [0.15, 0.2) is 24.3 Å². The summed E-state index contributed by atoms with van der Waals surface area (Å²) < 4.78 is 0. The minimum Gasteiger partial charge on any atom is -0.354 e. The van der Waals surface area contributed by atoms with Crippen molar-refractivity contribution < 1.29 is 4.79 Å². The zero-order chi connectivity index (χ0) is 15.8. The van der Waals surface area contributed by atoms with E-state index in [4.69, 9.17) is 11.6 Å². The van der Waals surface area contributed by atoms with Gasteiger partial charge < -0.3 is 5.32 Å². The molecule has 1 N–H and O–H groups in total. The van der Waals surface area contributed by atoms with E-state index in [1.165, 1.54) is 18.4 Å². The second-order valence-corrected chi connectivity index (χ2v) is 7.39. The number of thioether (sulfide) groups is 1. The number of carbonyl (C=O) groups is 1. The van der Waals surface area contributed by atoms with Crippen LogP contribution in [0, 0.1) is 0 Å². The highest BCUT2D eigenvalue weighted by Crippen LogP contribution is 2.25. The molecule has 0 radical (unpaired) electrons. The van der Waals surface area contributed by atoms with Crippen LogP contribution in [-0.4, -0.2) is 41.9 Å². The van der Waals surface area contributed by atoms with Crippen molar-refractivity contribution in [1.29, 1.82) is 0 Å². The Labute approximate surface area is 142 Å². The molecule has 1 aliphatic rings. The average Bonchev–Trinajstić information content (AvgIpc) is 3.04. The Balaban J connectivity index is 1.93. The van der Waals surface area contributed by atoms with E-state index >= 15 is 0 Å². The van der Waals surface area contributed by atoms with E-state index < -0.39 is 0 Å². The SMILES string of the molecule is CCSCCC(=O)NC[C@H](c1ccc(Cl)cc1)N1CCCC1. The molecule has 22 heavy (non-hydrogen) atoms. The lowest BCUT2D eigenvalue weighted by molar-refractivity contribution is -0.120. The first-order valence-electron chi connectivity index (χ1n) is 8.04. The fourth-order valence-electron chi connectivity index (χ4n) is 2.80. The van der Waals surface area contributed by atoms with Crippen LogP contribution >= 0.6 is 23.4 Å². The van der Waals surface area contributed by atoms with Crippen molar-refractivity contribution in [2.75, 3.05) is 31.1 Å². The van der Waals surface area contributed by atoms with Crippen molar-refractivity contribution in [2.24, 2.45) is 0 Å². The number of rotatable bonds is 8. The molecule has 0 saturated carbocycles. The summed E-state index contributed by atoms with van der Waals surface area (Å²) in [6.07, 6.45) is 3.09. The molecule has 0 aromatic heterocycles. The van der Waals surface area contributed by atoms with Crippen molar-refractivity contribution >= 4 is 29.3 Å². The van der Waals surface area contributed by atoms with Gasteiger partial charge in [0.15, 0.2) is 0 Å². The Morgan fingerprint density at radius 3 is 2.64 bits per heavy atom. The molecule has 5 heteroatoms. The smallest absolute Gasteiger partial charge is 0.220 e. The molecule has 1 atom stereocenters. The highest BCUT2D eigenvalue weighted by molar-refractivity contribution is 7.99. The third-order valence-electron chi connectivity index (χ3n) is 4.01. The summed E-state index contributed by atoms with van der Waals surface area (Å²) in [6, 6.07) is 8.26. The fraction of sp³-hybridized carbons (Fsp3) is 0.588. The summed E-state index contributed by atoms with van der Waals surface area (Å²) in [7, 11) is 0. The third kappa shape index (κ3) is 5.49. The molecule has 0 spiro atoms. The first-order valence-corrected chi connectivity index (χ1v) is 9.58. The predicted octanol–water partition coefficient (Wildman–Crippen LogP) is 3.74. The van der Waals surface area contributed by atoms with Gasteiger partial charge in [-0.2, -0.15) is 11.8 Å². The van der Waals surface area contributed by atoms with Gasteiger partial charge in [-0.15, -0.1) is 0 Å². The first kappa shape index (κ1) is 17.6. The van der Waals surface area contributed by atoms with Crippen molar-refractivity contribution in [3.63, 3.8) is 0 Å². The van der Waals surface area contributed by atoms with Gasteiger partial charge in [-0.3, -0.25) is 9.69 Å². The number of benzene rings is 1. The third-order valence-corrected chi connectivity index (χ3v) is 5.16. The van der Waals surface area contributed by atoms with Crippen LogP contribution < -0.4 is 5.32 Å². The molecule has 0 aliphatic carbocycles. The highest BCUT2D eigenvalue weighted by atomic mass is 35.5. The minimum atomic E-state index is 0.152. The van der Waals surface area contributed by atoms with Gasteiger partial charge >= 0.3 is 0 Å². The number of nitrogens with zero attached hydrogens (tertiary/aromatic N) is 1. The van der Waals surface area contributed by atoms with Crippen LogP contribution in [0.25, 0.3) is 0 Å².